The number of hydrogen-bond acceptors (Lipinski definition) is 9. The van der Waals surface area contributed by atoms with E-state index in [0.29, 0.717) is 18.6 Å². The molecule has 0 radical (unpaired) electrons. The number of nitrogens with two attached hydrogens (primary N) is 1. The maximum atomic E-state index is 12.7. The molecule has 13 heteroatoms. The molecule has 49 heavy (non-hydrogen) atoms. The summed E-state index contributed by atoms with van der Waals surface area (Å²) >= 11 is 1.36. The lowest BCUT2D eigenvalue weighted by atomic mass is 10.1. The van der Waals surface area contributed by atoms with Gasteiger partial charge in [0.15, 0.2) is 0 Å². The van der Waals surface area contributed by atoms with Crippen LogP contribution < -0.4 is 11.1 Å². The van der Waals surface area contributed by atoms with E-state index in [0.717, 1.165) is 38.5 Å². The van der Waals surface area contributed by atoms with Gasteiger partial charge in [0, 0.05) is 37.0 Å². The number of unbranched alkanes of at least 4 members (excludes halogenated alkanes) is 16. The minimum atomic E-state index is -4.05. The van der Waals surface area contributed by atoms with Gasteiger partial charge >= 0.3 is 19.5 Å². The molecule has 0 heterocycles. The third-order valence-corrected chi connectivity index (χ3v) is 10.2. The average molecular weight is 739 g/mol. The monoisotopic (exact) mass is 738 g/mol. The molecule has 0 unspecified atom stereocenters. The van der Waals surface area contributed by atoms with E-state index in [9.17, 15) is 18.9 Å². The Balaban J connectivity index is 4.58. The number of carbonyl (C=O) groups excluding carboxylic acids is 3. The van der Waals surface area contributed by atoms with E-state index < -0.39 is 19.7 Å². The van der Waals surface area contributed by atoms with E-state index in [2.05, 4.69) is 19.2 Å². The molecule has 5 N–H and O–H groups in total. The van der Waals surface area contributed by atoms with Crippen LogP contribution in [0.3, 0.4) is 0 Å². The van der Waals surface area contributed by atoms with Gasteiger partial charge in [0.1, 0.15) is 12.7 Å². The summed E-state index contributed by atoms with van der Waals surface area (Å²) in [6.07, 6.45) is 20.9. The molecule has 0 aliphatic rings. The molecule has 0 spiro atoms. The maximum Gasteiger partial charge on any atom is 0.325 e. The molecular weight excluding hydrogens is 667 g/mol. The summed E-state index contributed by atoms with van der Waals surface area (Å²) in [4.78, 5) is 55.5. The highest BCUT2D eigenvalue weighted by atomic mass is 32.2. The third-order valence-electron chi connectivity index (χ3n) is 8.13. The Morgan fingerprint density at radius 2 is 1.20 bits per heavy atom. The molecule has 0 fully saturated rings. The highest BCUT2D eigenvalue weighted by molar-refractivity contribution is 7.99. The van der Waals surface area contributed by atoms with Crippen molar-refractivity contribution in [3.05, 3.63) is 0 Å². The number of amides is 1. The van der Waals surface area contributed by atoms with Crippen LogP contribution in [-0.2, 0) is 33.2 Å². The fraction of sp³-hybridized carbons (Fsp3) is 0.917. The lowest BCUT2D eigenvalue weighted by Crippen LogP contribution is -2.47. The Morgan fingerprint density at radius 1 is 0.714 bits per heavy atom. The zero-order chi connectivity index (χ0) is 36.6. The van der Waals surface area contributed by atoms with Crippen LogP contribution in [0, 0.1) is 0 Å². The van der Waals surface area contributed by atoms with E-state index in [1.165, 1.54) is 88.8 Å². The molecule has 11 nitrogen and oxygen atoms in total. The van der Waals surface area contributed by atoms with Crippen molar-refractivity contribution in [2.24, 2.45) is 5.73 Å². The predicted molar refractivity (Wildman–Crippen MR) is 200 cm³/mol. The lowest BCUT2D eigenvalue weighted by molar-refractivity contribution is -0.157. The van der Waals surface area contributed by atoms with E-state index in [1.807, 2.05) is 0 Å². The summed E-state index contributed by atoms with van der Waals surface area (Å²) in [6.45, 7) is 6.53. The first-order valence-electron chi connectivity index (χ1n) is 19.1. The number of rotatable bonds is 35. The molecule has 0 rings (SSSR count). The molecular formula is C36H71N2O9PS. The summed E-state index contributed by atoms with van der Waals surface area (Å²) < 4.78 is 27.5. The van der Waals surface area contributed by atoms with Gasteiger partial charge in [0.05, 0.1) is 18.8 Å². The van der Waals surface area contributed by atoms with E-state index >= 15 is 0 Å². The van der Waals surface area contributed by atoms with Crippen molar-refractivity contribution in [3.8, 4) is 0 Å². The fourth-order valence-electron chi connectivity index (χ4n) is 5.21. The fourth-order valence-corrected chi connectivity index (χ4v) is 6.72. The van der Waals surface area contributed by atoms with Crippen molar-refractivity contribution >= 4 is 37.2 Å². The number of hydrogen-bond donors (Lipinski definition) is 4. The average Bonchev–Trinajstić information content (AvgIpc) is 3.04. The molecule has 0 aliphatic heterocycles. The van der Waals surface area contributed by atoms with Gasteiger partial charge in [0.2, 0.25) is 5.91 Å². The van der Waals surface area contributed by atoms with Gasteiger partial charge in [-0.1, -0.05) is 117 Å². The first-order valence-corrected chi connectivity index (χ1v) is 22.0. The Kier molecular flexibility index (Phi) is 31.9. The van der Waals surface area contributed by atoms with Crippen LogP contribution in [0.4, 0.5) is 0 Å². The molecule has 0 aliphatic carbocycles. The van der Waals surface area contributed by atoms with Gasteiger partial charge in [-0.05, 0) is 26.2 Å². The summed E-state index contributed by atoms with van der Waals surface area (Å²) in [5, 5.41) is 2.78. The van der Waals surface area contributed by atoms with E-state index in [1.54, 1.807) is 6.92 Å². The second kappa shape index (κ2) is 32.7. The predicted octanol–water partition coefficient (Wildman–Crippen LogP) is 7.43. The third kappa shape index (κ3) is 33.7. The highest BCUT2D eigenvalue weighted by Crippen LogP contribution is 2.34. The van der Waals surface area contributed by atoms with Crippen LogP contribution in [0.2, 0.25) is 0 Å². The Hall–Kier alpha value is -1.17. The van der Waals surface area contributed by atoms with Gasteiger partial charge in [0.25, 0.3) is 0 Å². The molecule has 0 aromatic rings. The number of nitrogens with one attached hydrogen (secondary N) is 1. The first-order chi connectivity index (χ1) is 23.5. The Bertz CT molecular complexity index is 877. The van der Waals surface area contributed by atoms with Gasteiger partial charge in [-0.25, -0.2) is 0 Å². The molecule has 0 saturated carbocycles. The number of ether oxygens (including phenoxy) is 3. The minimum Gasteiger partial charge on any atom is -0.462 e. The summed E-state index contributed by atoms with van der Waals surface area (Å²) in [7, 11) is -4.05. The van der Waals surface area contributed by atoms with Crippen molar-refractivity contribution < 1.29 is 42.9 Å². The summed E-state index contributed by atoms with van der Waals surface area (Å²) in [5.74, 6) is -0.332. The van der Waals surface area contributed by atoms with Crippen molar-refractivity contribution in [1.82, 2.24) is 5.32 Å². The SMILES string of the molecule is CCCCCCCCCCCC(=O)OC[C@H](CSC[C@H](N)C(=O)N[C@@H](C)COCCCP(=O)(O)O)OC(=O)CCCCCCCCCCC. The van der Waals surface area contributed by atoms with Crippen LogP contribution in [0.15, 0.2) is 0 Å². The zero-order valence-corrected chi connectivity index (χ0v) is 32.7. The second-order valence-corrected chi connectivity index (χ2v) is 16.2. The number of carbonyl (C=O) groups is 3. The van der Waals surface area contributed by atoms with Gasteiger partial charge in [-0.15, -0.1) is 0 Å². The van der Waals surface area contributed by atoms with Crippen molar-refractivity contribution in [1.29, 1.82) is 0 Å². The zero-order valence-electron chi connectivity index (χ0n) is 31.0. The van der Waals surface area contributed by atoms with E-state index in [4.69, 9.17) is 29.7 Å². The van der Waals surface area contributed by atoms with Crippen molar-refractivity contribution in [3.63, 3.8) is 0 Å². The first kappa shape index (κ1) is 47.8. The summed E-state index contributed by atoms with van der Waals surface area (Å²) in [6, 6.07) is -1.15. The number of esters is 2. The van der Waals surface area contributed by atoms with Gasteiger partial charge in [-0.2, -0.15) is 11.8 Å². The topological polar surface area (TPSA) is 174 Å². The largest absolute Gasteiger partial charge is 0.462 e. The number of thioether (sulfide) groups is 1. The molecule has 3 atom stereocenters. The van der Waals surface area contributed by atoms with Crippen molar-refractivity contribution in [2.45, 2.75) is 174 Å². The minimum absolute atomic E-state index is 0.0232. The van der Waals surface area contributed by atoms with Crippen LogP contribution in [0.5, 0.6) is 0 Å². The molecule has 0 bridgehead atoms. The standard InChI is InChI=1S/C36H71N2O9PS/c1-4-6-8-10-12-14-16-18-20-23-34(39)46-28-32(47-35(40)24-21-19-17-15-13-11-9-7-5-2)29-49-30-33(37)36(41)38-31(3)27-45-25-22-26-48(42,43)44/h31-33H,4-30,37H2,1-3H3,(H,38,41)(H2,42,43,44)/t31-,32+,33-/m0/s1. The second-order valence-electron chi connectivity index (χ2n) is 13.3. The normalized spacial score (nSPS) is 13.5. The lowest BCUT2D eigenvalue weighted by Gasteiger charge is -2.20. The smallest absolute Gasteiger partial charge is 0.325 e. The summed E-state index contributed by atoms with van der Waals surface area (Å²) in [5.41, 5.74) is 6.11. The Labute approximate surface area is 301 Å². The van der Waals surface area contributed by atoms with Crippen LogP contribution in [0.25, 0.3) is 0 Å². The van der Waals surface area contributed by atoms with Gasteiger partial charge in [-0.3, -0.25) is 18.9 Å². The molecule has 0 aromatic heterocycles. The quantitative estimate of drug-likeness (QED) is 0.0289. The van der Waals surface area contributed by atoms with Crippen LogP contribution in [0.1, 0.15) is 156 Å². The van der Waals surface area contributed by atoms with Crippen molar-refractivity contribution in [2.75, 3.05) is 37.5 Å². The molecule has 0 aromatic carbocycles. The van der Waals surface area contributed by atoms with Crippen LogP contribution >= 0.6 is 19.4 Å². The highest BCUT2D eigenvalue weighted by Gasteiger charge is 2.21. The molecule has 1 amide bonds. The van der Waals surface area contributed by atoms with E-state index in [-0.39, 0.29) is 62.0 Å². The van der Waals surface area contributed by atoms with Gasteiger partial charge < -0.3 is 35.0 Å². The Morgan fingerprint density at radius 3 is 1.71 bits per heavy atom. The maximum absolute atomic E-state index is 12.7. The van der Waals surface area contributed by atoms with Crippen LogP contribution in [-0.4, -0.2) is 83.3 Å². The molecule has 290 valence electrons. The molecule has 0 saturated heterocycles.